The molecule has 0 unspecified atom stereocenters. The quantitative estimate of drug-likeness (QED) is 0.433. The molecule has 0 rings (SSSR count). The Balaban J connectivity index is 0. The number of hydrogen-bond donors (Lipinski definition) is 0. The van der Waals surface area contributed by atoms with Gasteiger partial charge in [0.2, 0.25) is 0 Å². The van der Waals surface area contributed by atoms with Crippen molar-refractivity contribution in [3.05, 3.63) is 0 Å². The Morgan fingerprint density at radius 3 is 1.23 bits per heavy atom. The molecule has 0 N–H and O–H groups in total. The minimum absolute atomic E-state index is 0. The van der Waals surface area contributed by atoms with Crippen molar-refractivity contribution in [3.8, 4) is 0 Å². The fourth-order valence-electron chi connectivity index (χ4n) is 0.407. The molecule has 0 fully saturated rings. The van der Waals surface area contributed by atoms with Crippen molar-refractivity contribution in [2.24, 2.45) is 0 Å². The summed E-state index contributed by atoms with van der Waals surface area (Å²) in [5.74, 6) is 0. The Labute approximate surface area is 94.2 Å². The molecule has 0 aromatic carbocycles. The van der Waals surface area contributed by atoms with E-state index >= 15 is 0 Å². The van der Waals surface area contributed by atoms with E-state index in [2.05, 4.69) is 8.37 Å². The van der Waals surface area contributed by atoms with Crippen LogP contribution in [0.3, 0.4) is 0 Å². The molecule has 0 aliphatic rings. The van der Waals surface area contributed by atoms with Gasteiger partial charge in [-0.05, 0) is 13.8 Å². The standard InChI is InChI=1S/C4H10O6S2.Sn.4H/c1-3-9-11(5,6)12(7,8)10-4-2;;;;;/h3-4H2,1-2H3;;;;;. The van der Waals surface area contributed by atoms with Crippen LogP contribution in [0.5, 0.6) is 0 Å². The fraction of sp³-hybridized carbons (Fsp3) is 1.00. The maximum atomic E-state index is 10.7. The van der Waals surface area contributed by atoms with E-state index < -0.39 is 18.3 Å². The van der Waals surface area contributed by atoms with Crippen molar-refractivity contribution in [3.63, 3.8) is 0 Å². The van der Waals surface area contributed by atoms with Gasteiger partial charge in [0.1, 0.15) is 0 Å². The van der Waals surface area contributed by atoms with Crippen LogP contribution in [0.15, 0.2) is 0 Å². The molecule has 0 radical (unpaired) electrons. The van der Waals surface area contributed by atoms with Gasteiger partial charge in [0.05, 0.1) is 13.2 Å². The first-order valence-corrected chi connectivity index (χ1v) is 6.49. The van der Waals surface area contributed by atoms with Crippen LogP contribution in [0.1, 0.15) is 13.8 Å². The molecule has 0 spiro atoms. The summed E-state index contributed by atoms with van der Waals surface area (Å²) in [7, 11) is -9.24. The van der Waals surface area contributed by atoms with Crippen LogP contribution in [0.4, 0.5) is 0 Å². The summed E-state index contributed by atoms with van der Waals surface area (Å²) in [6.45, 7) is 2.24. The van der Waals surface area contributed by atoms with E-state index in [0.29, 0.717) is 0 Å². The second-order valence-corrected chi connectivity index (χ2v) is 6.18. The summed E-state index contributed by atoms with van der Waals surface area (Å²) in [4.78, 5) is 0. The average Bonchev–Trinajstić information content (AvgIpc) is 1.86. The molecular weight excluding hydrogens is 327 g/mol. The molecule has 0 aliphatic carbocycles. The minimum atomic E-state index is -4.62. The summed E-state index contributed by atoms with van der Waals surface area (Å²) in [5, 5.41) is 0. The van der Waals surface area contributed by atoms with Crippen LogP contribution in [-0.2, 0) is 26.7 Å². The van der Waals surface area contributed by atoms with Gasteiger partial charge in [-0.2, -0.15) is 16.8 Å². The molecule has 0 bridgehead atoms. The normalized spacial score (nSPS) is 12.2. The predicted molar refractivity (Wildman–Crippen MR) is 52.4 cm³/mol. The van der Waals surface area contributed by atoms with E-state index in [0.717, 1.165) is 0 Å². The van der Waals surface area contributed by atoms with Gasteiger partial charge in [0.25, 0.3) is 0 Å². The van der Waals surface area contributed by atoms with Gasteiger partial charge in [0, 0.05) is 0 Å². The van der Waals surface area contributed by atoms with Crippen molar-refractivity contribution >= 4 is 42.2 Å². The van der Waals surface area contributed by atoms with Crippen molar-refractivity contribution in [2.75, 3.05) is 13.2 Å². The summed E-state index contributed by atoms with van der Waals surface area (Å²) < 4.78 is 50.8. The maximum absolute atomic E-state index is 10.7. The third kappa shape index (κ3) is 4.58. The summed E-state index contributed by atoms with van der Waals surface area (Å²) in [6, 6.07) is 0. The number of rotatable bonds is 5. The molecule has 0 aromatic heterocycles. The fourth-order valence-corrected chi connectivity index (χ4v) is 2.50. The second-order valence-electron chi connectivity index (χ2n) is 1.63. The molecule has 13 heavy (non-hydrogen) atoms. The summed E-state index contributed by atoms with van der Waals surface area (Å²) in [5.41, 5.74) is 0. The molecule has 0 heterocycles. The first kappa shape index (κ1) is 16.1. The molecule has 0 saturated carbocycles. The van der Waals surface area contributed by atoms with Crippen LogP contribution in [0.25, 0.3) is 0 Å². The van der Waals surface area contributed by atoms with E-state index in [9.17, 15) is 16.8 Å². The van der Waals surface area contributed by atoms with E-state index in [1.165, 1.54) is 13.8 Å². The van der Waals surface area contributed by atoms with Gasteiger partial charge in [-0.1, -0.05) is 0 Å². The van der Waals surface area contributed by atoms with Gasteiger partial charge < -0.3 is 0 Å². The topological polar surface area (TPSA) is 86.7 Å². The Kier molecular flexibility index (Phi) is 7.62. The molecule has 6 nitrogen and oxygen atoms in total. The van der Waals surface area contributed by atoms with Crippen molar-refractivity contribution < 1.29 is 25.2 Å². The summed E-state index contributed by atoms with van der Waals surface area (Å²) >= 11 is 0. The van der Waals surface area contributed by atoms with Crippen molar-refractivity contribution in [1.29, 1.82) is 0 Å². The van der Waals surface area contributed by atoms with Crippen molar-refractivity contribution in [2.45, 2.75) is 13.8 Å². The van der Waals surface area contributed by atoms with E-state index in [1.807, 2.05) is 0 Å². The molecule has 9 heteroatoms. The first-order valence-electron chi connectivity index (χ1n) is 3.16. The van der Waals surface area contributed by atoms with Crippen molar-refractivity contribution in [1.82, 2.24) is 0 Å². The zero-order chi connectivity index (χ0) is 9.83. The Hall–Kier alpha value is 0.619. The van der Waals surface area contributed by atoms with Gasteiger partial charge in [-0.15, -0.1) is 0 Å². The molecule has 0 atom stereocenters. The third-order valence-electron chi connectivity index (χ3n) is 0.774. The first-order chi connectivity index (χ1) is 5.37. The van der Waals surface area contributed by atoms with Gasteiger partial charge in [-0.3, -0.25) is 8.37 Å². The SMILES string of the molecule is CCOS(=O)(=O)S(=O)(=O)OCC.[SnH4]. The molecule has 0 amide bonds. The van der Waals surface area contributed by atoms with Gasteiger partial charge in [-0.25, -0.2) is 0 Å². The van der Waals surface area contributed by atoms with Crippen LogP contribution in [0, 0.1) is 0 Å². The Bertz CT molecular complexity index is 283. The average molecular weight is 341 g/mol. The Morgan fingerprint density at radius 2 is 1.08 bits per heavy atom. The third-order valence-corrected chi connectivity index (χ3v) is 4.40. The zero-order valence-electron chi connectivity index (χ0n) is 6.68. The van der Waals surface area contributed by atoms with Gasteiger partial charge >= 0.3 is 42.2 Å². The van der Waals surface area contributed by atoms with Crippen LogP contribution in [-0.4, -0.2) is 54.0 Å². The second kappa shape index (κ2) is 6.17. The van der Waals surface area contributed by atoms with Crippen LogP contribution in [0.2, 0.25) is 0 Å². The summed E-state index contributed by atoms with van der Waals surface area (Å²) in [6.07, 6.45) is 0. The molecule has 0 saturated heterocycles. The molecule has 0 aliphatic heterocycles. The van der Waals surface area contributed by atoms with E-state index in [-0.39, 0.29) is 37.1 Å². The van der Waals surface area contributed by atoms with E-state index in [4.69, 9.17) is 0 Å². The monoisotopic (exact) mass is 342 g/mol. The molecule has 82 valence electrons. The predicted octanol–water partition coefficient (Wildman–Crippen LogP) is -1.82. The molecule has 0 aromatic rings. The zero-order valence-corrected chi connectivity index (χ0v) is 8.31. The Morgan fingerprint density at radius 1 is 0.846 bits per heavy atom. The van der Waals surface area contributed by atoms with E-state index in [1.54, 1.807) is 0 Å². The molecular formula is C4H14O6S2Sn. The van der Waals surface area contributed by atoms with Crippen LogP contribution >= 0.6 is 0 Å². The van der Waals surface area contributed by atoms with Crippen LogP contribution < -0.4 is 0 Å². The van der Waals surface area contributed by atoms with Gasteiger partial charge in [0.15, 0.2) is 0 Å². The number of hydrogen-bond acceptors (Lipinski definition) is 6.